The predicted molar refractivity (Wildman–Crippen MR) is 34.2 cm³/mol. The second-order valence-corrected chi connectivity index (χ2v) is 1.53. The number of hydrogen-bond donors (Lipinski definition) is 0. The molecule has 0 heterocycles. The maximum absolute atomic E-state index is 2.08. The quantitative estimate of drug-likeness (QED) is 0.440. The van der Waals surface area contributed by atoms with Crippen molar-refractivity contribution in [2.75, 3.05) is 0 Å². The van der Waals surface area contributed by atoms with Crippen molar-refractivity contribution in [3.8, 4) is 0 Å². The summed E-state index contributed by atoms with van der Waals surface area (Å²) in [7, 11) is 0. The zero-order chi connectivity index (χ0) is 5.70. The molecule has 0 aliphatic heterocycles. The van der Waals surface area contributed by atoms with Crippen molar-refractivity contribution in [1.82, 2.24) is 0 Å². The topological polar surface area (TPSA) is 0 Å². The van der Waals surface area contributed by atoms with Crippen molar-refractivity contribution in [3.05, 3.63) is 23.8 Å². The monoisotopic (exact) mass is 96.1 g/mol. The molecule has 0 amide bonds. The lowest BCUT2D eigenvalue weighted by atomic mass is 10.3. The lowest BCUT2D eigenvalue weighted by molar-refractivity contribution is 1.46. The molecular formula is C7H12. The van der Waals surface area contributed by atoms with Gasteiger partial charge in [-0.3, -0.25) is 0 Å². The molecule has 7 heavy (non-hydrogen) atoms. The van der Waals surface area contributed by atoms with Crippen LogP contribution in [0.1, 0.15) is 20.8 Å². The summed E-state index contributed by atoms with van der Waals surface area (Å²) in [5.74, 6) is 0. The van der Waals surface area contributed by atoms with Crippen LogP contribution in [0.25, 0.3) is 0 Å². The first-order valence-corrected chi connectivity index (χ1v) is 2.57. The Hall–Kier alpha value is -0.520. The zero-order valence-corrected chi connectivity index (χ0v) is 5.23. The van der Waals surface area contributed by atoms with Gasteiger partial charge in [0.25, 0.3) is 0 Å². The second-order valence-electron chi connectivity index (χ2n) is 1.53. The highest BCUT2D eigenvalue weighted by Gasteiger charge is 1.69. The molecule has 0 saturated carbocycles. The predicted octanol–water partition coefficient (Wildman–Crippen LogP) is 2.53. The van der Waals surface area contributed by atoms with Crippen LogP contribution in [-0.2, 0) is 0 Å². The summed E-state index contributed by atoms with van der Waals surface area (Å²) in [6.45, 7) is 6.14. The van der Waals surface area contributed by atoms with E-state index in [2.05, 4.69) is 19.1 Å². The Labute approximate surface area is 45.5 Å². The second kappa shape index (κ2) is 3.66. The average Bonchev–Trinajstić information content (AvgIpc) is 1.68. The summed E-state index contributed by atoms with van der Waals surface area (Å²) in [5, 5.41) is 0. The molecule has 0 rings (SSSR count). The van der Waals surface area contributed by atoms with Crippen molar-refractivity contribution < 1.29 is 0 Å². The molecule has 0 spiro atoms. The van der Waals surface area contributed by atoms with Crippen LogP contribution in [0.5, 0.6) is 0 Å². The first kappa shape index (κ1) is 6.48. The zero-order valence-electron chi connectivity index (χ0n) is 5.23. The van der Waals surface area contributed by atoms with Gasteiger partial charge in [0.2, 0.25) is 0 Å². The fourth-order valence-corrected chi connectivity index (χ4v) is 0.359. The van der Waals surface area contributed by atoms with Crippen LogP contribution in [0.2, 0.25) is 0 Å². The van der Waals surface area contributed by atoms with E-state index in [1.807, 2.05) is 19.9 Å². The van der Waals surface area contributed by atoms with E-state index in [9.17, 15) is 0 Å². The molecule has 0 aliphatic rings. The van der Waals surface area contributed by atoms with Gasteiger partial charge in [-0.1, -0.05) is 23.8 Å². The molecule has 0 aromatic heterocycles. The van der Waals surface area contributed by atoms with Gasteiger partial charge in [0.15, 0.2) is 0 Å². The third kappa shape index (κ3) is 3.31. The van der Waals surface area contributed by atoms with Gasteiger partial charge in [0.05, 0.1) is 0 Å². The van der Waals surface area contributed by atoms with E-state index in [-0.39, 0.29) is 0 Å². The molecule has 0 aromatic rings. The van der Waals surface area contributed by atoms with Gasteiger partial charge in [-0.05, 0) is 20.8 Å². The highest BCUT2D eigenvalue weighted by molar-refractivity contribution is 5.13. The van der Waals surface area contributed by atoms with E-state index in [1.165, 1.54) is 5.57 Å². The van der Waals surface area contributed by atoms with Crippen LogP contribution >= 0.6 is 0 Å². The maximum Gasteiger partial charge on any atom is -0.0401 e. The highest BCUT2D eigenvalue weighted by atomic mass is 13.8. The fourth-order valence-electron chi connectivity index (χ4n) is 0.359. The van der Waals surface area contributed by atoms with Crippen LogP contribution in [0.3, 0.4) is 0 Å². The van der Waals surface area contributed by atoms with Gasteiger partial charge in [0, 0.05) is 0 Å². The minimum Gasteiger partial charge on any atom is -0.0874 e. The summed E-state index contributed by atoms with van der Waals surface area (Å²) in [5.41, 5.74) is 1.32. The van der Waals surface area contributed by atoms with E-state index in [1.54, 1.807) is 0 Å². The first-order valence-electron chi connectivity index (χ1n) is 2.57. The standard InChI is InChI=1S/C7H12/c1-4-6-7(3)5-2/h4-6H,1-3H3. The molecule has 0 bridgehead atoms. The molecule has 0 unspecified atom stereocenters. The molecule has 0 heteroatoms. The Kier molecular flexibility index (Phi) is 3.39. The Bertz CT molecular complexity index is 86.2. The van der Waals surface area contributed by atoms with E-state index >= 15 is 0 Å². The lowest BCUT2D eigenvalue weighted by Crippen LogP contribution is -1.60. The molecule has 0 radical (unpaired) electrons. The smallest absolute Gasteiger partial charge is 0.0401 e. The average molecular weight is 96.2 g/mol. The van der Waals surface area contributed by atoms with Gasteiger partial charge in [-0.2, -0.15) is 0 Å². The van der Waals surface area contributed by atoms with Gasteiger partial charge >= 0.3 is 0 Å². The summed E-state index contributed by atoms with van der Waals surface area (Å²) in [6, 6.07) is 0. The van der Waals surface area contributed by atoms with E-state index in [4.69, 9.17) is 0 Å². The molecule has 0 fully saturated rings. The Balaban J connectivity index is 3.58. The number of hydrogen-bond acceptors (Lipinski definition) is 0. The Morgan fingerprint density at radius 2 is 1.86 bits per heavy atom. The maximum atomic E-state index is 2.08. The number of rotatable bonds is 1. The molecule has 40 valence electrons. The van der Waals surface area contributed by atoms with Crippen LogP contribution < -0.4 is 0 Å². The third-order valence-electron chi connectivity index (χ3n) is 0.885. The molecule has 0 atom stereocenters. The van der Waals surface area contributed by atoms with Crippen molar-refractivity contribution in [2.24, 2.45) is 0 Å². The molecule has 0 nitrogen and oxygen atoms in total. The van der Waals surface area contributed by atoms with E-state index in [0.29, 0.717) is 0 Å². The van der Waals surface area contributed by atoms with Crippen molar-refractivity contribution in [3.63, 3.8) is 0 Å². The van der Waals surface area contributed by atoms with Gasteiger partial charge in [0.1, 0.15) is 0 Å². The van der Waals surface area contributed by atoms with Gasteiger partial charge in [-0.15, -0.1) is 0 Å². The van der Waals surface area contributed by atoms with Crippen LogP contribution in [0.4, 0.5) is 0 Å². The van der Waals surface area contributed by atoms with Crippen molar-refractivity contribution >= 4 is 0 Å². The molecule has 0 aliphatic carbocycles. The molecule has 0 N–H and O–H groups in total. The number of allylic oxidation sites excluding steroid dienone is 4. The largest absolute Gasteiger partial charge is 0.0874 e. The van der Waals surface area contributed by atoms with Crippen LogP contribution in [0.15, 0.2) is 23.8 Å². The minimum atomic E-state index is 1.32. The minimum absolute atomic E-state index is 1.32. The van der Waals surface area contributed by atoms with Crippen LogP contribution in [0, 0.1) is 0 Å². The van der Waals surface area contributed by atoms with Crippen molar-refractivity contribution in [2.45, 2.75) is 20.8 Å². The van der Waals surface area contributed by atoms with Crippen molar-refractivity contribution in [1.29, 1.82) is 0 Å². The first-order chi connectivity index (χ1) is 3.31. The highest BCUT2D eigenvalue weighted by Crippen LogP contribution is 1.91. The van der Waals surface area contributed by atoms with Crippen LogP contribution in [-0.4, -0.2) is 0 Å². The molecule has 0 aromatic carbocycles. The van der Waals surface area contributed by atoms with Gasteiger partial charge in [-0.25, -0.2) is 0 Å². The van der Waals surface area contributed by atoms with Gasteiger partial charge < -0.3 is 0 Å². The summed E-state index contributed by atoms with van der Waals surface area (Å²) in [4.78, 5) is 0. The fraction of sp³-hybridized carbons (Fsp3) is 0.429. The summed E-state index contributed by atoms with van der Waals surface area (Å²) >= 11 is 0. The van der Waals surface area contributed by atoms with E-state index in [0.717, 1.165) is 0 Å². The Morgan fingerprint density at radius 1 is 1.29 bits per heavy atom. The summed E-state index contributed by atoms with van der Waals surface area (Å²) < 4.78 is 0. The lowest BCUT2D eigenvalue weighted by Gasteiger charge is -1.81. The molecular weight excluding hydrogens is 84.1 g/mol. The van der Waals surface area contributed by atoms with E-state index < -0.39 is 0 Å². The summed E-state index contributed by atoms with van der Waals surface area (Å²) in [6.07, 6.45) is 6.20. The normalized spacial score (nSPS) is 13.3. The Morgan fingerprint density at radius 3 is 2.00 bits per heavy atom. The SMILES string of the molecule is CC=CC(C)=CC. The third-order valence-corrected chi connectivity index (χ3v) is 0.885. The molecule has 0 saturated heterocycles.